The number of fused-ring (bicyclic) bond motifs is 1. The number of rotatable bonds is 3. The van der Waals surface area contributed by atoms with E-state index in [4.69, 9.17) is 11.6 Å². The first-order valence-corrected chi connectivity index (χ1v) is 5.79. The van der Waals surface area contributed by atoms with Gasteiger partial charge in [-0.2, -0.15) is 0 Å². The molecule has 2 aromatic rings. The van der Waals surface area contributed by atoms with Gasteiger partial charge < -0.3 is 4.57 Å². The molecule has 2 rings (SSSR count). The second kappa shape index (κ2) is 4.63. The van der Waals surface area contributed by atoms with Crippen molar-refractivity contribution in [2.75, 3.05) is 0 Å². The first kappa shape index (κ1) is 11.7. The molecule has 0 saturated heterocycles. The van der Waals surface area contributed by atoms with Crippen molar-refractivity contribution >= 4 is 38.7 Å². The molecule has 0 bridgehead atoms. The molecule has 0 N–H and O–H groups in total. The van der Waals surface area contributed by atoms with Gasteiger partial charge in [-0.15, -0.1) is 11.6 Å². The van der Waals surface area contributed by atoms with Crippen LogP contribution >= 0.6 is 27.5 Å². The zero-order valence-corrected chi connectivity index (χ0v) is 10.3. The first-order chi connectivity index (χ1) is 7.61. The SMILES string of the molecule is FC(F)Cn1c(CCl)nc2cc(Br)cnc21. The van der Waals surface area contributed by atoms with E-state index >= 15 is 0 Å². The van der Waals surface area contributed by atoms with E-state index in [2.05, 4.69) is 25.9 Å². The molecule has 0 aliphatic rings. The first-order valence-electron chi connectivity index (χ1n) is 4.46. The van der Waals surface area contributed by atoms with E-state index in [9.17, 15) is 8.78 Å². The fourth-order valence-electron chi connectivity index (χ4n) is 1.47. The van der Waals surface area contributed by atoms with Gasteiger partial charge in [0.15, 0.2) is 5.65 Å². The molecule has 2 aromatic heterocycles. The van der Waals surface area contributed by atoms with Gasteiger partial charge in [-0.25, -0.2) is 18.7 Å². The van der Waals surface area contributed by atoms with E-state index in [1.807, 2.05) is 0 Å². The van der Waals surface area contributed by atoms with Gasteiger partial charge in [0, 0.05) is 10.7 Å². The number of hydrogen-bond acceptors (Lipinski definition) is 2. The van der Waals surface area contributed by atoms with Crippen molar-refractivity contribution in [3.63, 3.8) is 0 Å². The number of halogens is 4. The minimum Gasteiger partial charge on any atom is -0.306 e. The molecule has 86 valence electrons. The predicted octanol–water partition coefficient (Wildman–Crippen LogP) is 3.20. The van der Waals surface area contributed by atoms with Crippen molar-refractivity contribution in [2.45, 2.75) is 18.9 Å². The lowest BCUT2D eigenvalue weighted by atomic mass is 10.4. The van der Waals surface area contributed by atoms with Crippen molar-refractivity contribution < 1.29 is 8.78 Å². The Morgan fingerprint density at radius 1 is 1.50 bits per heavy atom. The van der Waals surface area contributed by atoms with Crippen LogP contribution in [0.2, 0.25) is 0 Å². The van der Waals surface area contributed by atoms with E-state index in [1.54, 1.807) is 12.3 Å². The number of pyridine rings is 1. The monoisotopic (exact) mass is 309 g/mol. The molecule has 0 saturated carbocycles. The lowest BCUT2D eigenvalue weighted by Crippen LogP contribution is -2.09. The highest BCUT2D eigenvalue weighted by atomic mass is 79.9. The summed E-state index contributed by atoms with van der Waals surface area (Å²) in [5.41, 5.74) is 0.991. The Morgan fingerprint density at radius 2 is 2.25 bits per heavy atom. The highest BCUT2D eigenvalue weighted by Crippen LogP contribution is 2.20. The second-order valence-electron chi connectivity index (χ2n) is 3.16. The van der Waals surface area contributed by atoms with Crippen LogP contribution in [-0.2, 0) is 12.4 Å². The largest absolute Gasteiger partial charge is 0.306 e. The van der Waals surface area contributed by atoms with E-state index < -0.39 is 13.0 Å². The third-order valence-electron chi connectivity index (χ3n) is 2.07. The fourth-order valence-corrected chi connectivity index (χ4v) is 1.99. The Balaban J connectivity index is 2.59. The number of aromatic nitrogens is 3. The maximum Gasteiger partial charge on any atom is 0.256 e. The lowest BCUT2D eigenvalue weighted by molar-refractivity contribution is 0.127. The maximum atomic E-state index is 12.4. The molecule has 0 spiro atoms. The zero-order chi connectivity index (χ0) is 11.7. The molecule has 0 amide bonds. The molecule has 0 fully saturated rings. The van der Waals surface area contributed by atoms with Crippen LogP contribution in [0.3, 0.4) is 0 Å². The summed E-state index contributed by atoms with van der Waals surface area (Å²) in [6, 6.07) is 1.72. The lowest BCUT2D eigenvalue weighted by Gasteiger charge is -2.05. The van der Waals surface area contributed by atoms with Gasteiger partial charge >= 0.3 is 0 Å². The predicted molar refractivity (Wildman–Crippen MR) is 60.8 cm³/mol. The molecule has 0 atom stereocenters. The Hall–Kier alpha value is -0.750. The van der Waals surface area contributed by atoms with Crippen LogP contribution in [0.15, 0.2) is 16.7 Å². The summed E-state index contributed by atoms with van der Waals surface area (Å²) >= 11 is 8.91. The molecule has 16 heavy (non-hydrogen) atoms. The van der Waals surface area contributed by atoms with Gasteiger partial charge in [-0.1, -0.05) is 0 Å². The molecule has 0 radical (unpaired) electrons. The molecule has 0 aliphatic heterocycles. The van der Waals surface area contributed by atoms with Gasteiger partial charge in [0.2, 0.25) is 0 Å². The van der Waals surface area contributed by atoms with E-state index in [0.29, 0.717) is 17.0 Å². The second-order valence-corrected chi connectivity index (χ2v) is 4.34. The van der Waals surface area contributed by atoms with Gasteiger partial charge in [0.25, 0.3) is 6.43 Å². The Morgan fingerprint density at radius 3 is 2.88 bits per heavy atom. The highest BCUT2D eigenvalue weighted by Gasteiger charge is 2.14. The number of nitrogens with zero attached hydrogens (tertiary/aromatic N) is 3. The number of imidazole rings is 1. The van der Waals surface area contributed by atoms with Crippen molar-refractivity contribution in [3.8, 4) is 0 Å². The summed E-state index contributed by atoms with van der Waals surface area (Å²) in [7, 11) is 0. The van der Waals surface area contributed by atoms with Crippen LogP contribution in [0.25, 0.3) is 11.2 Å². The summed E-state index contributed by atoms with van der Waals surface area (Å²) in [6.45, 7) is -0.437. The van der Waals surface area contributed by atoms with Gasteiger partial charge in [-0.3, -0.25) is 0 Å². The van der Waals surface area contributed by atoms with Crippen molar-refractivity contribution in [1.29, 1.82) is 0 Å². The number of hydrogen-bond donors (Lipinski definition) is 0. The summed E-state index contributed by atoms with van der Waals surface area (Å²) in [4.78, 5) is 8.21. The quantitative estimate of drug-likeness (QED) is 0.815. The summed E-state index contributed by atoms with van der Waals surface area (Å²) in [5, 5.41) is 0. The molecule has 0 aromatic carbocycles. The highest BCUT2D eigenvalue weighted by molar-refractivity contribution is 9.10. The van der Waals surface area contributed by atoms with Crippen LogP contribution in [0.4, 0.5) is 8.78 Å². The third-order valence-corrected chi connectivity index (χ3v) is 2.74. The molecule has 0 aliphatic carbocycles. The normalized spacial score (nSPS) is 11.6. The maximum absolute atomic E-state index is 12.4. The zero-order valence-electron chi connectivity index (χ0n) is 8.00. The van der Waals surface area contributed by atoms with E-state index in [-0.39, 0.29) is 5.88 Å². The standard InChI is InChI=1S/C9H7BrClF2N3/c10-5-1-6-9(14-3-5)16(4-7(12)13)8(2-11)15-6/h1,3,7H,2,4H2. The van der Waals surface area contributed by atoms with Crippen molar-refractivity contribution in [3.05, 3.63) is 22.6 Å². The molecular weight excluding hydrogens is 303 g/mol. The Labute approximate surface area is 104 Å². The van der Waals surface area contributed by atoms with Gasteiger partial charge in [0.1, 0.15) is 11.3 Å². The van der Waals surface area contributed by atoms with Crippen LogP contribution < -0.4 is 0 Å². The molecule has 2 heterocycles. The van der Waals surface area contributed by atoms with Gasteiger partial charge in [0.05, 0.1) is 12.4 Å². The summed E-state index contributed by atoms with van der Waals surface area (Å²) in [6.07, 6.45) is -0.908. The Bertz CT molecular complexity index is 515. The fraction of sp³-hybridized carbons (Fsp3) is 0.333. The van der Waals surface area contributed by atoms with Crippen LogP contribution in [-0.4, -0.2) is 21.0 Å². The average molecular weight is 311 g/mol. The van der Waals surface area contributed by atoms with E-state index in [1.165, 1.54) is 4.57 Å². The minimum absolute atomic E-state index is 0.0840. The summed E-state index contributed by atoms with van der Waals surface area (Å²) < 4.78 is 26.9. The molecular formula is C9H7BrClF2N3. The van der Waals surface area contributed by atoms with E-state index in [0.717, 1.165) is 4.47 Å². The minimum atomic E-state index is -2.45. The smallest absolute Gasteiger partial charge is 0.256 e. The van der Waals surface area contributed by atoms with Crippen LogP contribution in [0.1, 0.15) is 5.82 Å². The van der Waals surface area contributed by atoms with Crippen LogP contribution in [0, 0.1) is 0 Å². The Kier molecular flexibility index (Phi) is 3.39. The molecule has 0 unspecified atom stereocenters. The van der Waals surface area contributed by atoms with Crippen molar-refractivity contribution in [2.24, 2.45) is 0 Å². The average Bonchev–Trinajstić information content (AvgIpc) is 2.55. The van der Waals surface area contributed by atoms with Gasteiger partial charge in [-0.05, 0) is 22.0 Å². The van der Waals surface area contributed by atoms with Crippen molar-refractivity contribution in [1.82, 2.24) is 14.5 Å². The third kappa shape index (κ3) is 2.17. The molecule has 7 heteroatoms. The summed E-state index contributed by atoms with van der Waals surface area (Å²) in [5.74, 6) is 0.489. The topological polar surface area (TPSA) is 30.7 Å². The number of alkyl halides is 3. The van der Waals surface area contributed by atoms with Crippen LogP contribution in [0.5, 0.6) is 0 Å². The molecule has 3 nitrogen and oxygen atoms in total.